The maximum atomic E-state index is 14.7. The number of amides is 2. The monoisotopic (exact) mass is 1060 g/mol. The van der Waals surface area contributed by atoms with Crippen molar-refractivity contribution in [2.75, 3.05) is 30.5 Å². The van der Waals surface area contributed by atoms with Crippen LogP contribution in [0.4, 0.5) is 21.0 Å². The van der Waals surface area contributed by atoms with Gasteiger partial charge in [0.25, 0.3) is 0 Å². The zero-order valence-electron chi connectivity index (χ0n) is 41.6. The van der Waals surface area contributed by atoms with Gasteiger partial charge in [-0.05, 0) is 110 Å². The molecule has 73 heavy (non-hydrogen) atoms. The summed E-state index contributed by atoms with van der Waals surface area (Å²) < 4.78 is 48.9. The number of halogens is 2. The van der Waals surface area contributed by atoms with E-state index in [-0.39, 0.29) is 67.9 Å². The first-order valence-corrected chi connectivity index (χ1v) is 26.8. The molecule has 4 heterocycles. The molecule has 10 rings (SSSR count). The van der Waals surface area contributed by atoms with E-state index in [0.29, 0.717) is 43.5 Å². The van der Waals surface area contributed by atoms with E-state index in [0.717, 1.165) is 38.5 Å². The highest BCUT2D eigenvalue weighted by molar-refractivity contribution is 6.34. The van der Waals surface area contributed by atoms with Gasteiger partial charge in [0.2, 0.25) is 0 Å². The third kappa shape index (κ3) is 9.82. The summed E-state index contributed by atoms with van der Waals surface area (Å²) in [6.07, 6.45) is -11.8. The minimum Gasteiger partial charge on any atom is -0.446 e. The summed E-state index contributed by atoms with van der Waals surface area (Å²) in [5.74, 6) is 1.54. The summed E-state index contributed by atoms with van der Waals surface area (Å²) in [6.45, 7) is 8.45. The van der Waals surface area contributed by atoms with E-state index in [9.17, 15) is 39.9 Å². The number of carbonyl (C=O) groups is 3. The summed E-state index contributed by atoms with van der Waals surface area (Å²) in [6, 6.07) is 12.7. The Balaban J connectivity index is 0.775. The second-order valence-corrected chi connectivity index (χ2v) is 23.5. The molecule has 4 saturated carbocycles. The molecule has 8 aliphatic rings. The number of ether oxygens (including phenoxy) is 8. The smallest absolute Gasteiger partial charge is 0.412 e. The number of aliphatic hydroxyl groups excluding tert-OH is 5. The van der Waals surface area contributed by atoms with Crippen molar-refractivity contribution in [2.24, 2.45) is 52.3 Å². The minimum atomic E-state index is -1.96. The van der Waals surface area contributed by atoms with E-state index < -0.39 is 98.7 Å². The number of para-hydroxylation sites is 2. The summed E-state index contributed by atoms with van der Waals surface area (Å²) in [7, 11) is 0. The quantitative estimate of drug-likeness (QED) is 0.127. The molecule has 20 heteroatoms. The molecule has 4 saturated heterocycles. The SMILES string of the molecule is C[C@@H]1CC[C@@]2(OC1)O[C@H]1C[C@H]3[C@@H]4CC[C@H]5C[C@@H](O[C@@H]6O[C@H](CO)[C@@H](O[C@@H]7O[C@H](COC(=O)Nc8ccccc8Cl)[C@@H](OC(=O)Nc8ccccc8Cl)[C@H](O)[C@H]7O)[C@H](O)[C@H]6O)CC[C@]5(C)[C@H]4C(=O)C[C@]3(C)[C@H]1[C@@H]2C. The standard InChI is InChI=1S/C53H70Cl2N2O16/c1-25-15-18-53(67-23-25)26(2)39-36(73-53)20-30-29-14-13-27-19-28(16-17-51(27,3)40(29)35(59)21-52(30,39)4)68-47-43(62)41(60)45(37(22-58)69-47)71-48-44(63)42(61)46(72-50(65)57-34-12-8-6-10-32(34)55)38(70-48)24-66-49(64)56-33-11-7-5-9-31(33)54/h5-12,25-30,36-48,58,60-63H,13-24H2,1-4H3,(H,56,64)(H,57,65)/t25-,26+,27+,28+,29+,30+,36+,37-,38-,39+,40-,41-,42-,43-,44-,45-,46-,47-,48+,51+,52+,53-/m1/s1. The third-order valence-corrected chi connectivity index (χ3v) is 19.1. The van der Waals surface area contributed by atoms with Crippen molar-refractivity contribution in [3.8, 4) is 0 Å². The first kappa shape index (κ1) is 53.2. The predicted octanol–water partition coefficient (Wildman–Crippen LogP) is 6.44. The van der Waals surface area contributed by atoms with Gasteiger partial charge < -0.3 is 63.4 Å². The van der Waals surface area contributed by atoms with Crippen LogP contribution in [0, 0.1) is 52.3 Å². The van der Waals surface area contributed by atoms with Gasteiger partial charge in [0, 0.05) is 24.7 Å². The van der Waals surface area contributed by atoms with E-state index >= 15 is 0 Å². The van der Waals surface area contributed by atoms with Crippen molar-refractivity contribution >= 4 is 52.5 Å². The largest absolute Gasteiger partial charge is 0.446 e. The Kier molecular flexibility index (Phi) is 15.3. The second-order valence-electron chi connectivity index (χ2n) is 22.7. The maximum absolute atomic E-state index is 14.7. The van der Waals surface area contributed by atoms with Crippen LogP contribution in [0.1, 0.15) is 85.5 Å². The molecule has 8 fully saturated rings. The normalized spacial score (nSPS) is 45.1. The number of carbonyl (C=O) groups excluding carboxylic acids is 3. The number of benzene rings is 2. The number of rotatable bonds is 10. The van der Waals surface area contributed by atoms with Crippen molar-refractivity contribution in [3.05, 3.63) is 58.6 Å². The van der Waals surface area contributed by atoms with E-state index in [1.165, 1.54) is 18.2 Å². The molecule has 0 radical (unpaired) electrons. The van der Waals surface area contributed by atoms with Gasteiger partial charge in [-0.3, -0.25) is 15.4 Å². The molecule has 2 amide bonds. The zero-order chi connectivity index (χ0) is 51.7. The number of hydrogen-bond acceptors (Lipinski definition) is 16. The minimum absolute atomic E-state index is 0.0740. The van der Waals surface area contributed by atoms with E-state index in [1.807, 2.05) is 0 Å². The van der Waals surface area contributed by atoms with E-state index in [4.69, 9.17) is 61.1 Å². The Hall–Kier alpha value is -3.21. The molecule has 18 nitrogen and oxygen atoms in total. The highest BCUT2D eigenvalue weighted by Crippen LogP contribution is 2.70. The number of aliphatic hydroxyl groups is 5. The van der Waals surface area contributed by atoms with Gasteiger partial charge in [-0.2, -0.15) is 0 Å². The van der Waals surface area contributed by atoms with E-state index in [2.05, 4.69) is 38.3 Å². The van der Waals surface area contributed by atoms with Crippen molar-refractivity contribution in [1.29, 1.82) is 0 Å². The van der Waals surface area contributed by atoms with Crippen LogP contribution in [-0.2, 0) is 42.7 Å². The van der Waals surface area contributed by atoms with Crippen LogP contribution < -0.4 is 10.6 Å². The first-order chi connectivity index (χ1) is 34.8. The van der Waals surface area contributed by atoms with Crippen molar-refractivity contribution in [1.82, 2.24) is 0 Å². The molecular weight excluding hydrogens is 991 g/mol. The highest BCUT2D eigenvalue weighted by atomic mass is 35.5. The first-order valence-electron chi connectivity index (χ1n) is 26.0. The molecule has 22 atom stereocenters. The summed E-state index contributed by atoms with van der Waals surface area (Å²) in [5.41, 5.74) is 0.0212. The Morgan fingerprint density at radius 1 is 0.767 bits per heavy atom. The molecule has 0 aromatic heterocycles. The topological polar surface area (TPSA) is 250 Å². The summed E-state index contributed by atoms with van der Waals surface area (Å²) >= 11 is 12.4. The lowest BCUT2D eigenvalue weighted by Crippen LogP contribution is -2.65. The number of fused-ring (bicyclic) bond motifs is 7. The van der Waals surface area contributed by atoms with Gasteiger partial charge in [0.05, 0.1) is 46.8 Å². The highest BCUT2D eigenvalue weighted by Gasteiger charge is 2.71. The molecule has 0 bridgehead atoms. The second kappa shape index (κ2) is 21.0. The van der Waals surface area contributed by atoms with Gasteiger partial charge in [0.1, 0.15) is 55.1 Å². The van der Waals surface area contributed by atoms with Crippen molar-refractivity contribution in [2.45, 2.75) is 165 Å². The molecule has 7 N–H and O–H groups in total. The molecular formula is C53H70Cl2N2O16. The molecule has 2 aromatic rings. The van der Waals surface area contributed by atoms with Crippen LogP contribution in [0.2, 0.25) is 10.0 Å². The van der Waals surface area contributed by atoms with Crippen LogP contribution in [0.25, 0.3) is 0 Å². The van der Waals surface area contributed by atoms with Gasteiger partial charge in [-0.15, -0.1) is 0 Å². The van der Waals surface area contributed by atoms with Gasteiger partial charge in [-0.1, -0.05) is 75.2 Å². The number of ketones is 1. The third-order valence-electron chi connectivity index (χ3n) is 18.5. The van der Waals surface area contributed by atoms with Crippen LogP contribution in [0.5, 0.6) is 0 Å². The Morgan fingerprint density at radius 2 is 1.41 bits per heavy atom. The van der Waals surface area contributed by atoms with Gasteiger partial charge in [0.15, 0.2) is 24.5 Å². The lowest BCUT2D eigenvalue weighted by atomic mass is 9.44. The molecule has 1 spiro atoms. The molecule has 0 unspecified atom stereocenters. The fraction of sp³-hybridized carbons (Fsp3) is 0.717. The maximum Gasteiger partial charge on any atom is 0.412 e. The number of Topliss-reactive ketones (excluding diaryl/α,β-unsaturated/α-hetero) is 1. The number of anilines is 2. The van der Waals surface area contributed by atoms with Crippen LogP contribution >= 0.6 is 23.2 Å². The molecule has 4 aliphatic heterocycles. The van der Waals surface area contributed by atoms with Crippen LogP contribution in [-0.4, -0.2) is 143 Å². The van der Waals surface area contributed by atoms with E-state index in [1.54, 1.807) is 30.3 Å². The number of nitrogens with one attached hydrogen (secondary N) is 2. The Labute approximate surface area is 434 Å². The Bertz CT molecular complexity index is 2340. The number of hydrogen-bond donors (Lipinski definition) is 7. The summed E-state index contributed by atoms with van der Waals surface area (Å²) in [4.78, 5) is 40.7. The molecule has 2 aromatic carbocycles. The average molecular weight is 1060 g/mol. The van der Waals surface area contributed by atoms with Crippen molar-refractivity contribution < 1.29 is 77.8 Å². The molecule has 4 aliphatic carbocycles. The molecule has 402 valence electrons. The van der Waals surface area contributed by atoms with Crippen molar-refractivity contribution in [3.63, 3.8) is 0 Å². The van der Waals surface area contributed by atoms with Gasteiger partial charge >= 0.3 is 12.2 Å². The average Bonchev–Trinajstić information content (AvgIpc) is 3.80. The lowest BCUT2D eigenvalue weighted by molar-refractivity contribution is -0.363. The fourth-order valence-electron chi connectivity index (χ4n) is 14.8. The fourth-order valence-corrected chi connectivity index (χ4v) is 15.2. The van der Waals surface area contributed by atoms with Crippen LogP contribution in [0.3, 0.4) is 0 Å². The van der Waals surface area contributed by atoms with Gasteiger partial charge in [-0.25, -0.2) is 9.59 Å². The van der Waals surface area contributed by atoms with Crippen LogP contribution in [0.15, 0.2) is 48.5 Å². The lowest BCUT2D eigenvalue weighted by Gasteiger charge is -2.60. The zero-order valence-corrected chi connectivity index (χ0v) is 43.1. The predicted molar refractivity (Wildman–Crippen MR) is 262 cm³/mol. The summed E-state index contributed by atoms with van der Waals surface area (Å²) in [5, 5.41) is 62.0. The Morgan fingerprint density at radius 3 is 2.07 bits per heavy atom.